The summed E-state index contributed by atoms with van der Waals surface area (Å²) in [6, 6.07) is 0. The molecule has 0 fully saturated rings. The van der Waals surface area contributed by atoms with Gasteiger partial charge in [0.1, 0.15) is 0 Å². The number of unbranched alkanes of at least 4 members (excludes halogenated alkanes) is 2. The molecule has 0 radical (unpaired) electrons. The summed E-state index contributed by atoms with van der Waals surface area (Å²) >= 11 is 5.57. The highest BCUT2D eigenvalue weighted by atomic mass is 35.5. The van der Waals surface area contributed by atoms with Crippen LogP contribution in [0.3, 0.4) is 0 Å². The Kier molecular flexibility index (Phi) is 9.83. The number of hydrogen-bond donors (Lipinski definition) is 1. The van der Waals surface area contributed by atoms with E-state index in [2.05, 4.69) is 4.90 Å². The molecule has 0 aliphatic heterocycles. The van der Waals surface area contributed by atoms with Crippen LogP contribution in [0, 0.1) is 0 Å². The van der Waals surface area contributed by atoms with Crippen molar-refractivity contribution in [2.75, 3.05) is 39.7 Å². The van der Waals surface area contributed by atoms with E-state index in [1.807, 2.05) is 7.05 Å². The largest absolute Gasteiger partial charge is 0.389 e. The fourth-order valence-corrected chi connectivity index (χ4v) is 1.54. The van der Waals surface area contributed by atoms with Crippen molar-refractivity contribution in [3.05, 3.63) is 0 Å². The fourth-order valence-electron chi connectivity index (χ4n) is 1.35. The molecule has 0 amide bonds. The van der Waals surface area contributed by atoms with E-state index in [4.69, 9.17) is 16.3 Å². The molecule has 0 aliphatic rings. The number of methoxy groups -OCH3 is 1. The lowest BCUT2D eigenvalue weighted by Gasteiger charge is -2.19. The Balaban J connectivity index is 3.30. The van der Waals surface area contributed by atoms with Gasteiger partial charge in [0.15, 0.2) is 0 Å². The van der Waals surface area contributed by atoms with Crippen molar-refractivity contribution in [1.29, 1.82) is 0 Å². The Morgan fingerprint density at radius 3 is 2.64 bits per heavy atom. The van der Waals surface area contributed by atoms with Crippen LogP contribution in [0.25, 0.3) is 0 Å². The molecule has 1 N–H and O–H groups in total. The zero-order chi connectivity index (χ0) is 10.8. The number of aliphatic hydroxyl groups excluding tert-OH is 1. The minimum Gasteiger partial charge on any atom is -0.389 e. The zero-order valence-electron chi connectivity index (χ0n) is 9.21. The average molecular weight is 224 g/mol. The number of rotatable bonds is 9. The summed E-state index contributed by atoms with van der Waals surface area (Å²) in [6.45, 7) is 2.10. The highest BCUT2D eigenvalue weighted by Crippen LogP contribution is 1.99. The lowest BCUT2D eigenvalue weighted by Crippen LogP contribution is -2.32. The Hall–Kier alpha value is 0.170. The van der Waals surface area contributed by atoms with Crippen molar-refractivity contribution in [1.82, 2.24) is 4.90 Å². The summed E-state index contributed by atoms with van der Waals surface area (Å²) in [5.74, 6) is 0.746. The lowest BCUT2D eigenvalue weighted by atomic mass is 10.2. The molecule has 0 aromatic rings. The molecule has 0 bridgehead atoms. The van der Waals surface area contributed by atoms with Crippen LogP contribution >= 0.6 is 11.6 Å². The third kappa shape index (κ3) is 8.75. The first-order valence-corrected chi connectivity index (χ1v) is 5.65. The molecule has 3 nitrogen and oxygen atoms in total. The van der Waals surface area contributed by atoms with Crippen molar-refractivity contribution in [3.8, 4) is 0 Å². The van der Waals surface area contributed by atoms with Crippen LogP contribution in [0.1, 0.15) is 19.3 Å². The van der Waals surface area contributed by atoms with E-state index in [0.29, 0.717) is 13.2 Å². The van der Waals surface area contributed by atoms with Gasteiger partial charge in [-0.05, 0) is 26.4 Å². The van der Waals surface area contributed by atoms with Crippen molar-refractivity contribution >= 4 is 11.6 Å². The minimum atomic E-state index is -0.377. The molecular weight excluding hydrogens is 202 g/mol. The smallest absolute Gasteiger partial charge is 0.0899 e. The first-order valence-electron chi connectivity index (χ1n) is 5.12. The van der Waals surface area contributed by atoms with Crippen LogP contribution in [0.4, 0.5) is 0 Å². The molecule has 0 aromatic carbocycles. The van der Waals surface area contributed by atoms with Crippen LogP contribution in [0.15, 0.2) is 0 Å². The summed E-state index contributed by atoms with van der Waals surface area (Å²) in [5, 5.41) is 9.43. The fraction of sp³-hybridized carbons (Fsp3) is 1.00. The molecule has 1 atom stereocenters. The Morgan fingerprint density at radius 2 is 2.07 bits per heavy atom. The third-order valence-electron chi connectivity index (χ3n) is 2.05. The van der Waals surface area contributed by atoms with Crippen molar-refractivity contribution < 1.29 is 9.84 Å². The maximum atomic E-state index is 9.43. The molecule has 0 saturated carbocycles. The van der Waals surface area contributed by atoms with Gasteiger partial charge in [-0.15, -0.1) is 11.6 Å². The van der Waals surface area contributed by atoms with E-state index in [1.54, 1.807) is 7.11 Å². The lowest BCUT2D eigenvalue weighted by molar-refractivity contribution is 0.0430. The summed E-state index contributed by atoms with van der Waals surface area (Å²) in [7, 11) is 3.61. The molecule has 86 valence electrons. The normalized spacial score (nSPS) is 13.5. The maximum Gasteiger partial charge on any atom is 0.0899 e. The van der Waals surface area contributed by atoms with E-state index in [1.165, 1.54) is 0 Å². The standard InChI is InChI=1S/C10H22ClNO2/c1-12(7-5-3-4-6-11)8-10(13)9-14-2/h10,13H,3-9H2,1-2H3. The highest BCUT2D eigenvalue weighted by molar-refractivity contribution is 6.17. The van der Waals surface area contributed by atoms with Crippen LogP contribution < -0.4 is 0 Å². The second-order valence-corrected chi connectivity index (χ2v) is 4.00. The van der Waals surface area contributed by atoms with Gasteiger partial charge in [0.05, 0.1) is 12.7 Å². The number of alkyl halides is 1. The molecule has 4 heteroatoms. The molecule has 0 aliphatic carbocycles. The average Bonchev–Trinajstić information content (AvgIpc) is 2.13. The number of aliphatic hydroxyl groups is 1. The molecule has 0 rings (SSSR count). The summed E-state index contributed by atoms with van der Waals surface area (Å²) in [6.07, 6.45) is 3.01. The van der Waals surface area contributed by atoms with E-state index in [0.717, 1.165) is 31.7 Å². The predicted molar refractivity (Wildman–Crippen MR) is 60.0 cm³/mol. The van der Waals surface area contributed by atoms with Gasteiger partial charge in [-0.25, -0.2) is 0 Å². The van der Waals surface area contributed by atoms with Gasteiger partial charge in [0.25, 0.3) is 0 Å². The SMILES string of the molecule is COCC(O)CN(C)CCCCCCl. The number of ether oxygens (including phenoxy) is 1. The van der Waals surface area contributed by atoms with Gasteiger partial charge in [-0.1, -0.05) is 6.42 Å². The molecular formula is C10H22ClNO2. The van der Waals surface area contributed by atoms with Crippen LogP contribution in [-0.4, -0.2) is 55.8 Å². The van der Waals surface area contributed by atoms with Gasteiger partial charge in [-0.3, -0.25) is 0 Å². The predicted octanol–water partition coefficient (Wildman–Crippen LogP) is 1.33. The van der Waals surface area contributed by atoms with Gasteiger partial charge < -0.3 is 14.7 Å². The number of likely N-dealkylation sites (N-methyl/N-ethyl adjacent to an activating group) is 1. The van der Waals surface area contributed by atoms with Crippen molar-refractivity contribution in [2.24, 2.45) is 0 Å². The Morgan fingerprint density at radius 1 is 1.36 bits per heavy atom. The second-order valence-electron chi connectivity index (χ2n) is 3.62. The molecule has 0 heterocycles. The first kappa shape index (κ1) is 14.2. The first-order chi connectivity index (χ1) is 6.70. The highest BCUT2D eigenvalue weighted by Gasteiger charge is 2.06. The monoisotopic (exact) mass is 223 g/mol. The molecule has 1 unspecified atom stereocenters. The van der Waals surface area contributed by atoms with E-state index >= 15 is 0 Å². The van der Waals surface area contributed by atoms with Gasteiger partial charge >= 0.3 is 0 Å². The maximum absolute atomic E-state index is 9.43. The van der Waals surface area contributed by atoms with E-state index in [9.17, 15) is 5.11 Å². The molecule has 0 spiro atoms. The van der Waals surface area contributed by atoms with Crippen LogP contribution in [-0.2, 0) is 4.74 Å². The number of hydrogen-bond acceptors (Lipinski definition) is 3. The second kappa shape index (κ2) is 9.71. The van der Waals surface area contributed by atoms with E-state index in [-0.39, 0.29) is 6.10 Å². The van der Waals surface area contributed by atoms with Crippen molar-refractivity contribution in [2.45, 2.75) is 25.4 Å². The Bertz CT molecular complexity index is 125. The summed E-state index contributed by atoms with van der Waals surface area (Å²) < 4.78 is 4.85. The third-order valence-corrected chi connectivity index (χ3v) is 2.32. The van der Waals surface area contributed by atoms with Crippen LogP contribution in [0.5, 0.6) is 0 Å². The minimum absolute atomic E-state index is 0.377. The quantitative estimate of drug-likeness (QED) is 0.473. The Labute approximate surface area is 92.0 Å². The van der Waals surface area contributed by atoms with Gasteiger partial charge in [0.2, 0.25) is 0 Å². The molecule has 14 heavy (non-hydrogen) atoms. The summed E-state index contributed by atoms with van der Waals surface area (Å²) in [5.41, 5.74) is 0. The van der Waals surface area contributed by atoms with E-state index < -0.39 is 0 Å². The summed E-state index contributed by atoms with van der Waals surface area (Å²) in [4.78, 5) is 2.12. The van der Waals surface area contributed by atoms with Crippen molar-refractivity contribution in [3.63, 3.8) is 0 Å². The van der Waals surface area contributed by atoms with Gasteiger partial charge in [-0.2, -0.15) is 0 Å². The topological polar surface area (TPSA) is 32.7 Å². The van der Waals surface area contributed by atoms with Crippen LogP contribution in [0.2, 0.25) is 0 Å². The molecule has 0 saturated heterocycles. The number of nitrogens with zero attached hydrogens (tertiary/aromatic N) is 1. The zero-order valence-corrected chi connectivity index (χ0v) is 9.96. The number of halogens is 1. The molecule has 0 aromatic heterocycles. The van der Waals surface area contributed by atoms with Gasteiger partial charge in [0, 0.05) is 19.5 Å².